The summed E-state index contributed by atoms with van der Waals surface area (Å²) in [5.74, 6) is 0.272. The molecular weight excluding hydrogens is 292 g/mol. The van der Waals surface area contributed by atoms with Gasteiger partial charge in [0.1, 0.15) is 0 Å². The molecule has 0 radical (unpaired) electrons. The Hall–Kier alpha value is -0.870. The van der Waals surface area contributed by atoms with Crippen LogP contribution in [0, 0.1) is 5.92 Å². The SMILES string of the molecule is CC(NC(=O)[C@H]1CCCNC1)c1ccccc1Br. The minimum atomic E-state index is 0.0370. The van der Waals surface area contributed by atoms with Crippen LogP contribution in [0.5, 0.6) is 0 Å². The van der Waals surface area contributed by atoms with E-state index in [1.165, 1.54) is 0 Å². The highest BCUT2D eigenvalue weighted by atomic mass is 79.9. The third-order valence-corrected chi connectivity index (χ3v) is 4.12. The van der Waals surface area contributed by atoms with Gasteiger partial charge in [0.05, 0.1) is 12.0 Å². The van der Waals surface area contributed by atoms with Crippen molar-refractivity contribution in [2.24, 2.45) is 5.92 Å². The summed E-state index contributed by atoms with van der Waals surface area (Å²) >= 11 is 3.52. The molecule has 4 heteroatoms. The predicted octanol–water partition coefficient (Wildman–Crippen LogP) is 2.63. The van der Waals surface area contributed by atoms with E-state index in [9.17, 15) is 4.79 Å². The smallest absolute Gasteiger partial charge is 0.224 e. The van der Waals surface area contributed by atoms with Crippen molar-refractivity contribution >= 4 is 21.8 Å². The van der Waals surface area contributed by atoms with Crippen molar-refractivity contribution < 1.29 is 4.79 Å². The summed E-state index contributed by atoms with van der Waals surface area (Å²) < 4.78 is 1.04. The first-order valence-corrected chi connectivity index (χ1v) is 7.23. The summed E-state index contributed by atoms with van der Waals surface area (Å²) in [6.07, 6.45) is 2.07. The fourth-order valence-corrected chi connectivity index (χ4v) is 2.94. The van der Waals surface area contributed by atoms with Crippen molar-refractivity contribution in [1.82, 2.24) is 10.6 Å². The maximum atomic E-state index is 12.1. The first kappa shape index (κ1) is 13.6. The number of amides is 1. The van der Waals surface area contributed by atoms with Crippen molar-refractivity contribution in [3.63, 3.8) is 0 Å². The van der Waals surface area contributed by atoms with Gasteiger partial charge in [0.2, 0.25) is 5.91 Å². The van der Waals surface area contributed by atoms with Gasteiger partial charge >= 0.3 is 0 Å². The number of halogens is 1. The van der Waals surface area contributed by atoms with Gasteiger partial charge in [0.25, 0.3) is 0 Å². The number of carbonyl (C=O) groups is 1. The Balaban J connectivity index is 1.96. The minimum Gasteiger partial charge on any atom is -0.349 e. The molecule has 1 aromatic rings. The standard InChI is InChI=1S/C14H19BrN2O/c1-10(12-6-2-3-7-13(12)15)17-14(18)11-5-4-8-16-9-11/h2-3,6-7,10-11,16H,4-5,8-9H2,1H3,(H,17,18)/t10?,11-/m0/s1. The van der Waals surface area contributed by atoms with Gasteiger partial charge in [-0.15, -0.1) is 0 Å². The number of hydrogen-bond acceptors (Lipinski definition) is 2. The Morgan fingerprint density at radius 3 is 2.94 bits per heavy atom. The van der Waals surface area contributed by atoms with E-state index in [0.717, 1.165) is 36.0 Å². The number of nitrogens with one attached hydrogen (secondary N) is 2. The molecule has 1 heterocycles. The van der Waals surface area contributed by atoms with E-state index < -0.39 is 0 Å². The van der Waals surface area contributed by atoms with Crippen LogP contribution in [0.25, 0.3) is 0 Å². The molecule has 1 amide bonds. The van der Waals surface area contributed by atoms with Gasteiger partial charge in [0.15, 0.2) is 0 Å². The molecule has 1 aliphatic rings. The molecule has 0 saturated carbocycles. The molecule has 1 aromatic carbocycles. The second kappa shape index (κ2) is 6.34. The highest BCUT2D eigenvalue weighted by Gasteiger charge is 2.22. The molecule has 2 atom stereocenters. The third-order valence-electron chi connectivity index (χ3n) is 3.40. The molecule has 0 spiro atoms. The molecule has 18 heavy (non-hydrogen) atoms. The van der Waals surface area contributed by atoms with Crippen molar-refractivity contribution in [3.8, 4) is 0 Å². The first-order chi connectivity index (χ1) is 8.68. The number of benzene rings is 1. The first-order valence-electron chi connectivity index (χ1n) is 6.44. The van der Waals surface area contributed by atoms with Crippen LogP contribution in [0.4, 0.5) is 0 Å². The summed E-state index contributed by atoms with van der Waals surface area (Å²) in [6, 6.07) is 8.04. The van der Waals surface area contributed by atoms with E-state index in [-0.39, 0.29) is 17.9 Å². The van der Waals surface area contributed by atoms with Crippen LogP contribution in [-0.2, 0) is 4.79 Å². The fourth-order valence-electron chi connectivity index (χ4n) is 2.31. The van der Waals surface area contributed by atoms with Gasteiger partial charge in [-0.05, 0) is 37.9 Å². The summed E-state index contributed by atoms with van der Waals surface area (Å²) in [6.45, 7) is 3.85. The maximum absolute atomic E-state index is 12.1. The fraction of sp³-hybridized carbons (Fsp3) is 0.500. The van der Waals surface area contributed by atoms with Crippen molar-refractivity contribution in [2.75, 3.05) is 13.1 Å². The van der Waals surface area contributed by atoms with Gasteiger partial charge in [-0.25, -0.2) is 0 Å². The van der Waals surface area contributed by atoms with E-state index in [4.69, 9.17) is 0 Å². The molecule has 0 bridgehead atoms. The van der Waals surface area contributed by atoms with Gasteiger partial charge in [-0.2, -0.15) is 0 Å². The third kappa shape index (κ3) is 3.33. The van der Waals surface area contributed by atoms with Crippen molar-refractivity contribution in [3.05, 3.63) is 34.3 Å². The number of carbonyl (C=O) groups excluding carboxylic acids is 1. The Morgan fingerprint density at radius 2 is 2.28 bits per heavy atom. The van der Waals surface area contributed by atoms with Gasteiger partial charge < -0.3 is 10.6 Å². The Bertz CT molecular complexity index is 416. The zero-order valence-corrected chi connectivity index (χ0v) is 12.2. The molecular formula is C14H19BrN2O. The predicted molar refractivity (Wildman–Crippen MR) is 76.3 cm³/mol. The molecule has 0 aromatic heterocycles. The highest BCUT2D eigenvalue weighted by molar-refractivity contribution is 9.10. The van der Waals surface area contributed by atoms with Crippen molar-refractivity contribution in [1.29, 1.82) is 0 Å². The Labute approximate surface area is 116 Å². The van der Waals surface area contributed by atoms with Crippen LogP contribution in [-0.4, -0.2) is 19.0 Å². The van der Waals surface area contributed by atoms with Gasteiger partial charge in [-0.1, -0.05) is 34.1 Å². The van der Waals surface area contributed by atoms with E-state index in [2.05, 4.69) is 26.6 Å². The molecule has 1 fully saturated rings. The van der Waals surface area contributed by atoms with Crippen LogP contribution < -0.4 is 10.6 Å². The lowest BCUT2D eigenvalue weighted by Gasteiger charge is -2.24. The molecule has 1 aliphatic heterocycles. The maximum Gasteiger partial charge on any atom is 0.224 e. The summed E-state index contributed by atoms with van der Waals surface area (Å²) in [4.78, 5) is 12.1. The Morgan fingerprint density at radius 1 is 1.50 bits per heavy atom. The summed E-state index contributed by atoms with van der Waals surface area (Å²) in [5.41, 5.74) is 1.12. The average Bonchev–Trinajstić information content (AvgIpc) is 2.40. The van der Waals surface area contributed by atoms with E-state index in [0.29, 0.717) is 0 Å². The topological polar surface area (TPSA) is 41.1 Å². The highest BCUT2D eigenvalue weighted by Crippen LogP contribution is 2.23. The minimum absolute atomic E-state index is 0.0370. The zero-order valence-electron chi connectivity index (χ0n) is 10.6. The van der Waals surface area contributed by atoms with Crippen LogP contribution in [0.3, 0.4) is 0 Å². The van der Waals surface area contributed by atoms with E-state index in [1.54, 1.807) is 0 Å². The second-order valence-electron chi connectivity index (χ2n) is 4.80. The molecule has 0 aliphatic carbocycles. The molecule has 2 rings (SSSR count). The van der Waals surface area contributed by atoms with Gasteiger partial charge in [-0.3, -0.25) is 4.79 Å². The van der Waals surface area contributed by atoms with Crippen LogP contribution >= 0.6 is 15.9 Å². The lowest BCUT2D eigenvalue weighted by molar-refractivity contribution is -0.126. The average molecular weight is 311 g/mol. The lowest BCUT2D eigenvalue weighted by Crippen LogP contribution is -2.41. The largest absolute Gasteiger partial charge is 0.349 e. The quantitative estimate of drug-likeness (QED) is 0.901. The number of piperidine rings is 1. The van der Waals surface area contributed by atoms with E-state index in [1.807, 2.05) is 31.2 Å². The molecule has 1 unspecified atom stereocenters. The van der Waals surface area contributed by atoms with Crippen LogP contribution in [0.2, 0.25) is 0 Å². The lowest BCUT2D eigenvalue weighted by atomic mass is 9.98. The molecule has 2 N–H and O–H groups in total. The van der Waals surface area contributed by atoms with Gasteiger partial charge in [0, 0.05) is 11.0 Å². The number of rotatable bonds is 3. The monoisotopic (exact) mass is 310 g/mol. The number of hydrogen-bond donors (Lipinski definition) is 2. The van der Waals surface area contributed by atoms with E-state index >= 15 is 0 Å². The normalized spacial score (nSPS) is 21.3. The second-order valence-corrected chi connectivity index (χ2v) is 5.65. The molecule has 1 saturated heterocycles. The Kier molecular flexibility index (Phi) is 4.78. The molecule has 98 valence electrons. The van der Waals surface area contributed by atoms with Crippen molar-refractivity contribution in [2.45, 2.75) is 25.8 Å². The summed E-state index contributed by atoms with van der Waals surface area (Å²) in [7, 11) is 0. The van der Waals surface area contributed by atoms with Crippen LogP contribution in [0.1, 0.15) is 31.4 Å². The zero-order chi connectivity index (χ0) is 13.0. The molecule has 3 nitrogen and oxygen atoms in total. The summed E-state index contributed by atoms with van der Waals surface area (Å²) in [5, 5.41) is 6.37. The van der Waals surface area contributed by atoms with Crippen LogP contribution in [0.15, 0.2) is 28.7 Å².